The van der Waals surface area contributed by atoms with Gasteiger partial charge in [-0.15, -0.1) is 0 Å². The third kappa shape index (κ3) is 6.37. The number of carbonyl (C=O) groups excluding carboxylic acids is 4. The molecule has 0 saturated carbocycles. The minimum absolute atomic E-state index is 0.0775. The van der Waals surface area contributed by atoms with Gasteiger partial charge >= 0.3 is 5.97 Å². The number of nitrogens with one attached hydrogen (secondary N) is 1. The van der Waals surface area contributed by atoms with E-state index in [1.807, 2.05) is 71.0 Å². The molecule has 1 spiro atoms. The van der Waals surface area contributed by atoms with Crippen molar-refractivity contribution in [2.45, 2.75) is 95.4 Å². The first kappa shape index (κ1) is 34.8. The fraction of sp³-hybridized carbons (Fsp3) is 0.611. The average Bonchev–Trinajstić information content (AvgIpc) is 3.41. The molecule has 0 aromatic heterocycles. The van der Waals surface area contributed by atoms with E-state index in [2.05, 4.69) is 5.32 Å². The van der Waals surface area contributed by atoms with Crippen molar-refractivity contribution >= 4 is 23.7 Å². The van der Waals surface area contributed by atoms with Gasteiger partial charge in [0.05, 0.1) is 37.3 Å². The number of carbonyl (C=O) groups is 4. The Balaban J connectivity index is 1.66. The topological polar surface area (TPSA) is 135 Å². The minimum Gasteiger partial charge on any atom is -0.455 e. The Morgan fingerprint density at radius 3 is 2.47 bits per heavy atom. The van der Waals surface area contributed by atoms with Crippen molar-refractivity contribution in [1.82, 2.24) is 15.1 Å². The Bertz CT molecular complexity index is 1390. The second-order valence-corrected chi connectivity index (χ2v) is 14.1. The van der Waals surface area contributed by atoms with E-state index in [0.29, 0.717) is 24.9 Å². The highest BCUT2D eigenvalue weighted by atomic mass is 16.6. The molecule has 1 aromatic carbocycles. The predicted molar refractivity (Wildman–Crippen MR) is 174 cm³/mol. The quantitative estimate of drug-likeness (QED) is 0.340. The predicted octanol–water partition coefficient (Wildman–Crippen LogP) is 2.94. The molecular weight excluding hydrogens is 602 g/mol. The molecule has 11 nitrogen and oxygen atoms in total. The lowest BCUT2D eigenvalue weighted by Gasteiger charge is -2.43. The fourth-order valence-corrected chi connectivity index (χ4v) is 7.60. The lowest BCUT2D eigenvalue weighted by atomic mass is 9.77. The third-order valence-electron chi connectivity index (χ3n) is 10.2. The molecule has 5 rings (SSSR count). The summed E-state index contributed by atoms with van der Waals surface area (Å²) < 4.78 is 18.6. The van der Waals surface area contributed by atoms with E-state index in [4.69, 9.17) is 14.2 Å². The van der Waals surface area contributed by atoms with E-state index in [0.717, 1.165) is 0 Å². The highest BCUT2D eigenvalue weighted by Crippen LogP contribution is 2.54. The fourth-order valence-electron chi connectivity index (χ4n) is 7.60. The van der Waals surface area contributed by atoms with Crippen LogP contribution in [0.15, 0.2) is 54.6 Å². The maximum Gasteiger partial charge on any atom is 0.313 e. The first-order valence-electron chi connectivity index (χ1n) is 16.7. The lowest BCUT2D eigenvalue weighted by Crippen LogP contribution is -2.61. The standard InChI is InChI=1S/C36H49N3O8/c1-7-22(2)25(20-40)39-31-33(43)38(35(3,4)5)19-13-18-36(31)29(32(39)42)28-26(47-36)16-11-12-17-27(41)37-24(21-45-6)30(46-34(28)44)23-14-9-8-10-15-23/h8-11,13-16,18,22,24-26,28-31,40H,7,12,17,19-21H2,1-6H3,(H,37,41)/b16-11-/t22-,24+,25-,26+,28-,29-,30+,31+,36-/m0/s1. The lowest BCUT2D eigenvalue weighted by molar-refractivity contribution is -0.163. The molecule has 11 heteroatoms. The van der Waals surface area contributed by atoms with Crippen LogP contribution in [0.3, 0.4) is 0 Å². The number of rotatable bonds is 7. The molecule has 2 saturated heterocycles. The van der Waals surface area contributed by atoms with Gasteiger partial charge in [0.15, 0.2) is 0 Å². The number of nitrogens with zero attached hydrogens (tertiary/aromatic N) is 2. The van der Waals surface area contributed by atoms with Crippen molar-refractivity contribution in [1.29, 1.82) is 0 Å². The first-order valence-corrected chi connectivity index (χ1v) is 16.7. The van der Waals surface area contributed by atoms with Gasteiger partial charge in [-0.05, 0) is 38.7 Å². The van der Waals surface area contributed by atoms with E-state index in [1.54, 1.807) is 23.1 Å². The van der Waals surface area contributed by atoms with Gasteiger partial charge < -0.3 is 34.4 Å². The molecule has 4 heterocycles. The van der Waals surface area contributed by atoms with Crippen LogP contribution in [-0.4, -0.2) is 101 Å². The second-order valence-electron chi connectivity index (χ2n) is 14.1. The summed E-state index contributed by atoms with van der Waals surface area (Å²) in [4.78, 5) is 60.3. The number of cyclic esters (lactones) is 1. The highest BCUT2D eigenvalue weighted by molar-refractivity contribution is 5.99. The summed E-state index contributed by atoms with van der Waals surface area (Å²) in [6, 6.07) is 6.62. The number of hydrogen-bond donors (Lipinski definition) is 2. The minimum atomic E-state index is -1.49. The summed E-state index contributed by atoms with van der Waals surface area (Å²) in [5.41, 5.74) is -1.41. The first-order chi connectivity index (χ1) is 22.4. The third-order valence-corrected chi connectivity index (χ3v) is 10.2. The van der Waals surface area contributed by atoms with Crippen molar-refractivity contribution in [3.05, 3.63) is 60.2 Å². The zero-order valence-electron chi connectivity index (χ0n) is 28.3. The summed E-state index contributed by atoms with van der Waals surface area (Å²) in [6.07, 6.45) is 6.51. The van der Waals surface area contributed by atoms with Gasteiger partial charge in [0.25, 0.3) is 0 Å². The summed E-state index contributed by atoms with van der Waals surface area (Å²) in [6.45, 7) is 9.75. The van der Waals surface area contributed by atoms with Gasteiger partial charge in [-0.3, -0.25) is 19.2 Å². The molecule has 4 aliphatic rings. The monoisotopic (exact) mass is 651 g/mol. The second kappa shape index (κ2) is 13.9. The van der Waals surface area contributed by atoms with Gasteiger partial charge in [0.1, 0.15) is 23.7 Å². The molecule has 1 aromatic rings. The summed E-state index contributed by atoms with van der Waals surface area (Å²) in [7, 11) is 1.51. The molecule has 9 atom stereocenters. The van der Waals surface area contributed by atoms with Crippen molar-refractivity contribution < 1.29 is 38.5 Å². The molecular formula is C36H49N3O8. The maximum absolute atomic E-state index is 14.8. The van der Waals surface area contributed by atoms with Gasteiger partial charge in [-0.1, -0.05) is 74.9 Å². The van der Waals surface area contributed by atoms with Gasteiger partial charge in [0, 0.05) is 25.6 Å². The average molecular weight is 652 g/mol. The van der Waals surface area contributed by atoms with Crippen molar-refractivity contribution in [3.63, 3.8) is 0 Å². The van der Waals surface area contributed by atoms with Crippen molar-refractivity contribution in [2.24, 2.45) is 17.8 Å². The number of benzene rings is 1. The Labute approximate surface area is 277 Å². The van der Waals surface area contributed by atoms with Crippen LogP contribution in [0.5, 0.6) is 0 Å². The molecule has 2 N–H and O–H groups in total. The van der Waals surface area contributed by atoms with Crippen LogP contribution >= 0.6 is 0 Å². The Morgan fingerprint density at radius 1 is 1.11 bits per heavy atom. The van der Waals surface area contributed by atoms with Crippen molar-refractivity contribution in [2.75, 3.05) is 26.9 Å². The van der Waals surface area contributed by atoms with E-state index in [1.165, 1.54) is 12.0 Å². The maximum atomic E-state index is 14.8. The molecule has 0 unspecified atom stereocenters. The number of methoxy groups -OCH3 is 1. The highest BCUT2D eigenvalue weighted by Gasteiger charge is 2.73. The van der Waals surface area contributed by atoms with E-state index in [-0.39, 0.29) is 37.4 Å². The largest absolute Gasteiger partial charge is 0.455 e. The zero-order valence-corrected chi connectivity index (χ0v) is 28.3. The smallest absolute Gasteiger partial charge is 0.313 e. The van der Waals surface area contributed by atoms with Crippen LogP contribution in [0.1, 0.15) is 65.5 Å². The molecule has 0 radical (unpaired) electrons. The molecule has 3 amide bonds. The number of amides is 3. The number of aliphatic hydroxyl groups is 1. The summed E-state index contributed by atoms with van der Waals surface area (Å²) >= 11 is 0. The van der Waals surface area contributed by atoms with Crippen LogP contribution < -0.4 is 5.32 Å². The number of allylic oxidation sites excluding steroid dienone is 1. The van der Waals surface area contributed by atoms with Crippen LogP contribution in [-0.2, 0) is 33.4 Å². The molecule has 256 valence electrons. The summed E-state index contributed by atoms with van der Waals surface area (Å²) in [5.74, 6) is -3.96. The van der Waals surface area contributed by atoms with Crippen LogP contribution in [0, 0.1) is 17.8 Å². The number of esters is 1. The van der Waals surface area contributed by atoms with Gasteiger partial charge in [-0.2, -0.15) is 0 Å². The number of fused-ring (bicyclic) bond motifs is 2. The van der Waals surface area contributed by atoms with Gasteiger partial charge in [-0.25, -0.2) is 0 Å². The molecule has 0 aliphatic carbocycles. The molecule has 0 bridgehead atoms. The van der Waals surface area contributed by atoms with E-state index < -0.39 is 65.2 Å². The van der Waals surface area contributed by atoms with Crippen LogP contribution in [0.4, 0.5) is 0 Å². The van der Waals surface area contributed by atoms with E-state index >= 15 is 0 Å². The number of likely N-dealkylation sites (tertiary alicyclic amines) is 1. The number of ether oxygens (including phenoxy) is 3. The zero-order chi connectivity index (χ0) is 34.1. The Hall–Kier alpha value is -3.54. The Morgan fingerprint density at radius 2 is 1.83 bits per heavy atom. The summed E-state index contributed by atoms with van der Waals surface area (Å²) in [5, 5.41) is 13.6. The SMILES string of the molecule is CC[C@H](C)[C@H](CO)N1C(=O)[C@@H]2[C@H]3C(=O)O[C@H](c4ccccc4)[C@@H](COC)NC(=O)CC/C=C\[C@H]3O[C@@]23C=CCN(C(C)(C)C)C(=O)[C@@H]13. The van der Waals surface area contributed by atoms with Crippen molar-refractivity contribution in [3.8, 4) is 0 Å². The van der Waals surface area contributed by atoms with Gasteiger partial charge in [0.2, 0.25) is 17.7 Å². The van der Waals surface area contributed by atoms with E-state index in [9.17, 15) is 24.3 Å². The molecule has 4 aliphatic heterocycles. The molecule has 2 fully saturated rings. The number of hydrogen-bond acceptors (Lipinski definition) is 8. The number of aliphatic hydroxyl groups excluding tert-OH is 1. The van der Waals surface area contributed by atoms with Crippen LogP contribution in [0.2, 0.25) is 0 Å². The Kier molecular flexibility index (Phi) is 10.3. The normalized spacial score (nSPS) is 33.4. The van der Waals surface area contributed by atoms with Crippen LogP contribution in [0.25, 0.3) is 0 Å². The molecule has 47 heavy (non-hydrogen) atoms.